The first-order valence-corrected chi connectivity index (χ1v) is 7.49. The van der Waals surface area contributed by atoms with Crippen molar-refractivity contribution in [3.63, 3.8) is 0 Å². The molecule has 0 radical (unpaired) electrons. The zero-order valence-electron chi connectivity index (χ0n) is 13.6. The van der Waals surface area contributed by atoms with Crippen LogP contribution in [0.5, 0.6) is 0 Å². The van der Waals surface area contributed by atoms with E-state index in [9.17, 15) is 14.7 Å². The summed E-state index contributed by atoms with van der Waals surface area (Å²) in [6, 6.07) is 0. The number of methoxy groups -OCH3 is 2. The van der Waals surface area contributed by atoms with Gasteiger partial charge in [-0.2, -0.15) is 0 Å². The zero-order valence-corrected chi connectivity index (χ0v) is 13.6. The Kier molecular flexibility index (Phi) is 3.16. The molecular formula is C15H23NO6. The van der Waals surface area contributed by atoms with Gasteiger partial charge in [-0.15, -0.1) is 0 Å². The number of ether oxygens (including phenoxy) is 3. The number of carbonyl (C=O) groups is 2. The average Bonchev–Trinajstić information content (AvgIpc) is 2.92. The summed E-state index contributed by atoms with van der Waals surface area (Å²) in [6.07, 6.45) is -0.133. The van der Waals surface area contributed by atoms with Crippen molar-refractivity contribution in [2.75, 3.05) is 20.8 Å². The second-order valence-corrected chi connectivity index (χ2v) is 7.34. The topological polar surface area (TPSA) is 85.3 Å². The molecule has 1 aliphatic heterocycles. The van der Waals surface area contributed by atoms with Gasteiger partial charge in [-0.05, 0) is 33.1 Å². The summed E-state index contributed by atoms with van der Waals surface area (Å²) in [7, 11) is 2.93. The van der Waals surface area contributed by atoms with E-state index in [1.807, 2.05) is 0 Å². The molecule has 2 bridgehead atoms. The van der Waals surface area contributed by atoms with E-state index in [0.29, 0.717) is 6.42 Å². The van der Waals surface area contributed by atoms with Gasteiger partial charge in [0.2, 0.25) is 5.72 Å². The zero-order chi connectivity index (χ0) is 16.5. The van der Waals surface area contributed by atoms with Crippen molar-refractivity contribution in [2.24, 2.45) is 17.8 Å². The molecule has 7 nitrogen and oxygen atoms in total. The van der Waals surface area contributed by atoms with Crippen LogP contribution in [-0.2, 0) is 19.0 Å². The van der Waals surface area contributed by atoms with Crippen molar-refractivity contribution < 1.29 is 28.9 Å². The first-order valence-electron chi connectivity index (χ1n) is 7.49. The first-order chi connectivity index (χ1) is 10.1. The Balaban J connectivity index is 1.98. The molecule has 3 unspecified atom stereocenters. The minimum absolute atomic E-state index is 0.0416. The number of likely N-dealkylation sites (tertiary alicyclic amines) is 1. The molecule has 1 amide bonds. The van der Waals surface area contributed by atoms with Gasteiger partial charge >= 0.3 is 6.09 Å². The lowest BCUT2D eigenvalue weighted by atomic mass is 9.86. The van der Waals surface area contributed by atoms with E-state index in [1.165, 1.54) is 14.2 Å². The summed E-state index contributed by atoms with van der Waals surface area (Å²) < 4.78 is 16.3. The number of aliphatic hydroxyl groups is 1. The third-order valence-electron chi connectivity index (χ3n) is 5.12. The molecule has 124 valence electrons. The molecule has 3 fully saturated rings. The Morgan fingerprint density at radius 3 is 2.36 bits per heavy atom. The molecule has 4 atom stereocenters. The number of hydrogen-bond acceptors (Lipinski definition) is 6. The van der Waals surface area contributed by atoms with Crippen LogP contribution in [0.4, 0.5) is 4.79 Å². The molecule has 22 heavy (non-hydrogen) atoms. The summed E-state index contributed by atoms with van der Waals surface area (Å²) >= 11 is 0. The second kappa shape index (κ2) is 4.43. The van der Waals surface area contributed by atoms with Gasteiger partial charge in [0.1, 0.15) is 5.60 Å². The molecular weight excluding hydrogens is 290 g/mol. The molecule has 0 aromatic carbocycles. The van der Waals surface area contributed by atoms with Crippen LogP contribution in [0.1, 0.15) is 27.2 Å². The molecule has 3 rings (SSSR count). The lowest BCUT2D eigenvalue weighted by molar-refractivity contribution is -0.251. The highest BCUT2D eigenvalue weighted by Gasteiger charge is 2.81. The van der Waals surface area contributed by atoms with E-state index in [4.69, 9.17) is 14.2 Å². The van der Waals surface area contributed by atoms with E-state index < -0.39 is 40.8 Å². The van der Waals surface area contributed by atoms with E-state index >= 15 is 0 Å². The van der Waals surface area contributed by atoms with Crippen LogP contribution in [0.2, 0.25) is 0 Å². The maximum atomic E-state index is 12.7. The number of amides is 1. The fourth-order valence-corrected chi connectivity index (χ4v) is 4.46. The molecule has 0 aromatic heterocycles. The van der Waals surface area contributed by atoms with Gasteiger partial charge in [-0.25, -0.2) is 4.79 Å². The van der Waals surface area contributed by atoms with Crippen LogP contribution in [0.25, 0.3) is 0 Å². The van der Waals surface area contributed by atoms with Crippen molar-refractivity contribution >= 4 is 11.9 Å². The molecule has 1 N–H and O–H groups in total. The summed E-state index contributed by atoms with van der Waals surface area (Å²) in [6.45, 7) is 5.50. The first kappa shape index (κ1) is 15.7. The van der Waals surface area contributed by atoms with E-state index in [2.05, 4.69) is 0 Å². The van der Waals surface area contributed by atoms with Crippen LogP contribution in [0.3, 0.4) is 0 Å². The van der Waals surface area contributed by atoms with Crippen LogP contribution in [-0.4, -0.2) is 59.8 Å². The van der Waals surface area contributed by atoms with Crippen LogP contribution >= 0.6 is 0 Å². The third-order valence-corrected chi connectivity index (χ3v) is 5.12. The van der Waals surface area contributed by atoms with E-state index in [-0.39, 0.29) is 12.5 Å². The Bertz CT molecular complexity index is 523. The van der Waals surface area contributed by atoms with E-state index in [1.54, 1.807) is 20.8 Å². The lowest BCUT2D eigenvalue weighted by Crippen LogP contribution is -2.56. The summed E-state index contributed by atoms with van der Waals surface area (Å²) in [5.41, 5.74) is -2.60. The van der Waals surface area contributed by atoms with Crippen LogP contribution in [0, 0.1) is 17.8 Å². The summed E-state index contributed by atoms with van der Waals surface area (Å²) in [5.74, 6) is -2.76. The molecule has 1 saturated heterocycles. The maximum absolute atomic E-state index is 12.7. The van der Waals surface area contributed by atoms with Gasteiger partial charge < -0.3 is 19.3 Å². The van der Waals surface area contributed by atoms with Gasteiger partial charge in [0, 0.05) is 20.8 Å². The van der Waals surface area contributed by atoms with E-state index in [0.717, 1.165) is 4.90 Å². The Hall–Kier alpha value is -1.18. The van der Waals surface area contributed by atoms with Gasteiger partial charge in [-0.1, -0.05) is 0 Å². The lowest BCUT2D eigenvalue weighted by Gasteiger charge is -2.35. The van der Waals surface area contributed by atoms with Crippen LogP contribution in [0.15, 0.2) is 0 Å². The molecule has 7 heteroatoms. The standard InChI is InChI=1S/C15H23NO6/c1-13(2,3)22-12(18)16-7-8-6-9-11(17)14(16,19)10(8)15(9,20-4)21-5/h8-10,19H,6-7H2,1-5H3/t8?,9?,10?,14-/m1/s1. The van der Waals surface area contributed by atoms with Gasteiger partial charge in [0.25, 0.3) is 0 Å². The number of Topliss-reactive ketones (excluding diaryl/α,β-unsaturated/α-hetero) is 1. The van der Waals surface area contributed by atoms with Crippen molar-refractivity contribution in [3.8, 4) is 0 Å². The highest BCUT2D eigenvalue weighted by atomic mass is 16.7. The average molecular weight is 313 g/mol. The van der Waals surface area contributed by atoms with Gasteiger partial charge in [-0.3, -0.25) is 9.69 Å². The van der Waals surface area contributed by atoms with Crippen molar-refractivity contribution in [1.82, 2.24) is 4.90 Å². The summed E-state index contributed by atoms with van der Waals surface area (Å²) in [4.78, 5) is 26.3. The SMILES string of the molecule is COC1(OC)C2CC3CN(C(=O)OC(C)(C)C)[C@](O)(C2=O)C31. The number of fused-ring (bicyclic) bond motifs is 1. The predicted octanol–water partition coefficient (Wildman–Crippen LogP) is 0.750. The molecule has 0 aromatic rings. The van der Waals surface area contributed by atoms with Crippen molar-refractivity contribution in [3.05, 3.63) is 0 Å². The highest BCUT2D eigenvalue weighted by molar-refractivity contribution is 5.97. The quantitative estimate of drug-likeness (QED) is 0.757. The maximum Gasteiger partial charge on any atom is 0.412 e. The molecule has 1 heterocycles. The Labute approximate surface area is 129 Å². The minimum atomic E-state index is -1.90. The monoisotopic (exact) mass is 313 g/mol. The Morgan fingerprint density at radius 2 is 1.91 bits per heavy atom. The molecule has 0 spiro atoms. The smallest absolute Gasteiger partial charge is 0.412 e. The normalized spacial score (nSPS) is 38.7. The van der Waals surface area contributed by atoms with Crippen molar-refractivity contribution in [2.45, 2.75) is 44.3 Å². The number of ketones is 1. The molecule has 3 aliphatic rings. The molecule has 2 saturated carbocycles. The fraction of sp³-hybridized carbons (Fsp3) is 0.867. The number of rotatable bonds is 2. The third kappa shape index (κ3) is 1.67. The van der Waals surface area contributed by atoms with Crippen molar-refractivity contribution in [1.29, 1.82) is 0 Å². The number of hydrogen-bond donors (Lipinski definition) is 1. The van der Waals surface area contributed by atoms with Gasteiger partial charge in [0.15, 0.2) is 11.6 Å². The predicted molar refractivity (Wildman–Crippen MR) is 74.7 cm³/mol. The fourth-order valence-electron chi connectivity index (χ4n) is 4.46. The highest BCUT2D eigenvalue weighted by Crippen LogP contribution is 2.64. The number of carbonyl (C=O) groups excluding carboxylic acids is 2. The second-order valence-electron chi connectivity index (χ2n) is 7.34. The summed E-state index contributed by atoms with van der Waals surface area (Å²) in [5, 5.41) is 11.0. The number of nitrogens with zero attached hydrogens (tertiary/aromatic N) is 1. The molecule has 2 aliphatic carbocycles. The van der Waals surface area contributed by atoms with Crippen LogP contribution < -0.4 is 0 Å². The Morgan fingerprint density at radius 1 is 1.32 bits per heavy atom. The minimum Gasteiger partial charge on any atom is -0.444 e. The largest absolute Gasteiger partial charge is 0.444 e. The van der Waals surface area contributed by atoms with Gasteiger partial charge in [0.05, 0.1) is 11.8 Å².